The summed E-state index contributed by atoms with van der Waals surface area (Å²) in [6, 6.07) is 14.4. The average molecular weight is 502 g/mol. The number of nitrogens with zero attached hydrogens (tertiary/aromatic N) is 2. The number of aryl methyl sites for hydroxylation is 2. The number of sulfonamides is 1. The summed E-state index contributed by atoms with van der Waals surface area (Å²) in [7, 11) is -3.51. The van der Waals surface area contributed by atoms with Crippen LogP contribution in [0, 0.1) is 19.8 Å². The molecule has 0 unspecified atom stereocenters. The van der Waals surface area contributed by atoms with Gasteiger partial charge >= 0.3 is 0 Å². The summed E-state index contributed by atoms with van der Waals surface area (Å²) >= 11 is 0. The first-order valence-electron chi connectivity index (χ1n) is 12.1. The minimum atomic E-state index is -3.51. The largest absolute Gasteiger partial charge is 0.354 e. The molecule has 1 N–H and O–H groups in total. The Balaban J connectivity index is 2.17. The van der Waals surface area contributed by atoms with E-state index in [2.05, 4.69) is 5.32 Å². The first-order valence-corrected chi connectivity index (χ1v) is 13.9. The zero-order valence-electron chi connectivity index (χ0n) is 21.7. The maximum atomic E-state index is 13.3. The summed E-state index contributed by atoms with van der Waals surface area (Å²) in [5.74, 6) is -0.0773. The van der Waals surface area contributed by atoms with Gasteiger partial charge in [-0.2, -0.15) is 0 Å². The molecule has 35 heavy (non-hydrogen) atoms. The number of amides is 2. The van der Waals surface area contributed by atoms with E-state index in [0.717, 1.165) is 16.7 Å². The average Bonchev–Trinajstić information content (AvgIpc) is 2.78. The fourth-order valence-electron chi connectivity index (χ4n) is 3.79. The number of nitrogens with one attached hydrogen (secondary N) is 1. The van der Waals surface area contributed by atoms with Crippen LogP contribution in [0.5, 0.6) is 0 Å². The van der Waals surface area contributed by atoms with Crippen LogP contribution in [-0.2, 0) is 26.2 Å². The number of carbonyl (C=O) groups excluding carboxylic acids is 2. The van der Waals surface area contributed by atoms with E-state index in [1.165, 1.54) is 10.6 Å². The van der Waals surface area contributed by atoms with Crippen LogP contribution in [0.15, 0.2) is 48.5 Å². The van der Waals surface area contributed by atoms with Gasteiger partial charge in [0, 0.05) is 26.1 Å². The number of hydrogen-bond acceptors (Lipinski definition) is 4. The summed E-state index contributed by atoms with van der Waals surface area (Å²) in [4.78, 5) is 27.7. The molecule has 1 atom stereocenters. The van der Waals surface area contributed by atoms with Gasteiger partial charge in [-0.1, -0.05) is 50.2 Å². The number of rotatable bonds is 12. The fraction of sp³-hybridized carbons (Fsp3) is 0.481. The van der Waals surface area contributed by atoms with E-state index in [1.54, 1.807) is 17.9 Å². The summed E-state index contributed by atoms with van der Waals surface area (Å²) in [6.45, 7) is 10.7. The first-order chi connectivity index (χ1) is 16.4. The molecule has 0 bridgehead atoms. The molecule has 0 aliphatic rings. The minimum Gasteiger partial charge on any atom is -0.354 e. The molecule has 2 rings (SSSR count). The first kappa shape index (κ1) is 28.4. The Morgan fingerprint density at radius 3 is 2.29 bits per heavy atom. The molecule has 0 spiro atoms. The maximum absolute atomic E-state index is 13.3. The zero-order chi connectivity index (χ0) is 26.2. The van der Waals surface area contributed by atoms with Crippen LogP contribution >= 0.6 is 0 Å². The molecule has 8 heteroatoms. The molecule has 0 aliphatic carbocycles. The number of benzene rings is 2. The van der Waals surface area contributed by atoms with Crippen molar-refractivity contribution >= 4 is 27.5 Å². The van der Waals surface area contributed by atoms with Crippen LogP contribution in [0.25, 0.3) is 0 Å². The van der Waals surface area contributed by atoms with E-state index < -0.39 is 16.1 Å². The second-order valence-corrected chi connectivity index (χ2v) is 11.4. The van der Waals surface area contributed by atoms with Gasteiger partial charge < -0.3 is 10.2 Å². The van der Waals surface area contributed by atoms with E-state index in [-0.39, 0.29) is 24.8 Å². The maximum Gasteiger partial charge on any atom is 0.242 e. The van der Waals surface area contributed by atoms with Crippen molar-refractivity contribution in [2.45, 2.75) is 60.0 Å². The Labute approximate surface area is 210 Å². The fourth-order valence-corrected chi connectivity index (χ4v) is 4.75. The smallest absolute Gasteiger partial charge is 0.242 e. The van der Waals surface area contributed by atoms with E-state index in [1.807, 2.05) is 70.2 Å². The Kier molecular flexibility index (Phi) is 10.3. The summed E-state index contributed by atoms with van der Waals surface area (Å²) in [5.41, 5.74) is 3.56. The molecule has 2 aromatic rings. The van der Waals surface area contributed by atoms with Gasteiger partial charge in [0.05, 0.1) is 11.9 Å². The highest BCUT2D eigenvalue weighted by Gasteiger charge is 2.27. The highest BCUT2D eigenvalue weighted by atomic mass is 32.2. The quantitative estimate of drug-likeness (QED) is 0.476. The van der Waals surface area contributed by atoms with Gasteiger partial charge in [-0.15, -0.1) is 0 Å². The number of carbonyl (C=O) groups is 2. The Morgan fingerprint density at radius 2 is 1.69 bits per heavy atom. The van der Waals surface area contributed by atoms with Gasteiger partial charge in [0.1, 0.15) is 6.04 Å². The van der Waals surface area contributed by atoms with Gasteiger partial charge in [-0.3, -0.25) is 13.9 Å². The zero-order valence-corrected chi connectivity index (χ0v) is 22.6. The van der Waals surface area contributed by atoms with Crippen LogP contribution in [0.3, 0.4) is 0 Å². The highest BCUT2D eigenvalue weighted by Crippen LogP contribution is 2.20. The van der Waals surface area contributed by atoms with Crippen molar-refractivity contribution in [3.8, 4) is 0 Å². The van der Waals surface area contributed by atoms with E-state index in [0.29, 0.717) is 31.1 Å². The van der Waals surface area contributed by atoms with Crippen molar-refractivity contribution in [1.29, 1.82) is 0 Å². The SMILES string of the molecule is Cc1cccc(N(CCCC(=O)N(Cc2ccccc2C)[C@@H](C)C(=O)NCC(C)C)S(C)(=O)=O)c1. The van der Waals surface area contributed by atoms with Crippen LogP contribution < -0.4 is 9.62 Å². The molecular formula is C27H39N3O4S. The topological polar surface area (TPSA) is 86.8 Å². The van der Waals surface area contributed by atoms with E-state index in [9.17, 15) is 18.0 Å². The molecule has 0 aliphatic heterocycles. The third-order valence-corrected chi connectivity index (χ3v) is 7.09. The monoisotopic (exact) mass is 501 g/mol. The molecule has 0 heterocycles. The van der Waals surface area contributed by atoms with Gasteiger partial charge in [0.25, 0.3) is 0 Å². The summed E-state index contributed by atoms with van der Waals surface area (Å²) in [6.07, 6.45) is 1.64. The van der Waals surface area contributed by atoms with E-state index in [4.69, 9.17) is 0 Å². The molecule has 0 fully saturated rings. The predicted molar refractivity (Wildman–Crippen MR) is 142 cm³/mol. The lowest BCUT2D eigenvalue weighted by Gasteiger charge is -2.30. The van der Waals surface area contributed by atoms with Crippen LogP contribution in [0.2, 0.25) is 0 Å². The molecular weight excluding hydrogens is 462 g/mol. The lowest BCUT2D eigenvalue weighted by molar-refractivity contribution is -0.140. The predicted octanol–water partition coefficient (Wildman–Crippen LogP) is 4.04. The van der Waals surface area contributed by atoms with Crippen LogP contribution in [0.1, 0.15) is 50.3 Å². The standard InChI is InChI=1S/C27H39N3O4S/c1-20(2)18-28-27(32)23(5)29(19-24-13-8-7-12-22(24)4)26(31)15-10-16-30(35(6,33)34)25-14-9-11-21(3)17-25/h7-9,11-14,17,20,23H,10,15-16,18-19H2,1-6H3,(H,28,32)/t23-/m0/s1. The van der Waals surface area contributed by atoms with Gasteiger partial charge in [0.15, 0.2) is 0 Å². The molecule has 0 radical (unpaired) electrons. The number of hydrogen-bond donors (Lipinski definition) is 1. The van der Waals surface area contributed by atoms with Crippen molar-refractivity contribution in [2.75, 3.05) is 23.7 Å². The molecule has 0 aromatic heterocycles. The molecule has 7 nitrogen and oxygen atoms in total. The van der Waals surface area contributed by atoms with Crippen molar-refractivity contribution in [3.05, 3.63) is 65.2 Å². The van der Waals surface area contributed by atoms with Gasteiger partial charge in [0.2, 0.25) is 21.8 Å². The minimum absolute atomic E-state index is 0.130. The van der Waals surface area contributed by atoms with Crippen LogP contribution in [0.4, 0.5) is 5.69 Å². The molecule has 2 aromatic carbocycles. The molecule has 0 saturated carbocycles. The van der Waals surface area contributed by atoms with Crippen molar-refractivity contribution in [3.63, 3.8) is 0 Å². The van der Waals surface area contributed by atoms with E-state index >= 15 is 0 Å². The van der Waals surface area contributed by atoms with Crippen molar-refractivity contribution < 1.29 is 18.0 Å². The Hall–Kier alpha value is -2.87. The van der Waals surface area contributed by atoms with Crippen molar-refractivity contribution in [1.82, 2.24) is 10.2 Å². The second-order valence-electron chi connectivity index (χ2n) is 9.54. The molecule has 0 saturated heterocycles. The number of anilines is 1. The normalized spacial score (nSPS) is 12.3. The highest BCUT2D eigenvalue weighted by molar-refractivity contribution is 7.92. The van der Waals surface area contributed by atoms with Crippen LogP contribution in [-0.4, -0.2) is 50.5 Å². The Bertz CT molecular complexity index is 1110. The molecule has 2 amide bonds. The second kappa shape index (κ2) is 12.7. The summed E-state index contributed by atoms with van der Waals surface area (Å²) in [5, 5.41) is 2.92. The van der Waals surface area contributed by atoms with Crippen molar-refractivity contribution in [2.24, 2.45) is 5.92 Å². The van der Waals surface area contributed by atoms with Gasteiger partial charge in [-0.25, -0.2) is 8.42 Å². The van der Waals surface area contributed by atoms with Gasteiger partial charge in [-0.05, 0) is 61.9 Å². The lowest BCUT2D eigenvalue weighted by atomic mass is 10.1. The summed E-state index contributed by atoms with van der Waals surface area (Å²) < 4.78 is 26.2. The lowest BCUT2D eigenvalue weighted by Crippen LogP contribution is -2.48. The third kappa shape index (κ3) is 8.69. The molecule has 192 valence electrons. The third-order valence-electron chi connectivity index (χ3n) is 5.90. The Morgan fingerprint density at radius 1 is 1.00 bits per heavy atom.